The minimum absolute atomic E-state index is 0.104. The van der Waals surface area contributed by atoms with Crippen LogP contribution in [0.3, 0.4) is 0 Å². The van der Waals surface area contributed by atoms with E-state index in [1.807, 2.05) is 24.4 Å². The highest BCUT2D eigenvalue weighted by Gasteiger charge is 2.10. The Morgan fingerprint density at radius 3 is 2.64 bits per heavy atom. The van der Waals surface area contributed by atoms with E-state index in [1.165, 1.54) is 11.3 Å². The summed E-state index contributed by atoms with van der Waals surface area (Å²) in [6, 6.07) is 1.66. The van der Waals surface area contributed by atoms with Crippen molar-refractivity contribution in [3.8, 4) is 10.8 Å². The van der Waals surface area contributed by atoms with Crippen molar-refractivity contribution < 1.29 is 4.79 Å². The van der Waals surface area contributed by atoms with Crippen LogP contribution in [0.4, 0.5) is 4.79 Å². The second-order valence-electron chi connectivity index (χ2n) is 5.10. The molecular formula is C14H20N6OS. The van der Waals surface area contributed by atoms with Gasteiger partial charge in [-0.1, -0.05) is 0 Å². The van der Waals surface area contributed by atoms with Gasteiger partial charge in [-0.2, -0.15) is 0 Å². The van der Waals surface area contributed by atoms with E-state index in [-0.39, 0.29) is 6.03 Å². The number of carbonyl (C=O) groups is 1. The molecule has 0 aromatic carbocycles. The van der Waals surface area contributed by atoms with E-state index >= 15 is 0 Å². The van der Waals surface area contributed by atoms with Gasteiger partial charge in [-0.3, -0.25) is 0 Å². The molecule has 0 bridgehead atoms. The molecule has 0 fully saturated rings. The molecule has 0 unspecified atom stereocenters. The third-order valence-electron chi connectivity index (χ3n) is 2.96. The van der Waals surface area contributed by atoms with E-state index in [0.29, 0.717) is 18.9 Å². The quantitative estimate of drug-likeness (QED) is 0.868. The van der Waals surface area contributed by atoms with Gasteiger partial charge in [0.25, 0.3) is 0 Å². The number of nitrogens with one attached hydrogen (secondary N) is 1. The van der Waals surface area contributed by atoms with E-state index in [1.54, 1.807) is 30.4 Å². The van der Waals surface area contributed by atoms with E-state index < -0.39 is 0 Å². The summed E-state index contributed by atoms with van der Waals surface area (Å²) in [5.41, 5.74) is 0.807. The summed E-state index contributed by atoms with van der Waals surface area (Å²) < 4.78 is 0. The molecule has 0 radical (unpaired) electrons. The second-order valence-corrected chi connectivity index (χ2v) is 5.96. The molecule has 2 rings (SSSR count). The molecule has 0 saturated heterocycles. The van der Waals surface area contributed by atoms with Crippen LogP contribution in [-0.4, -0.2) is 65.0 Å². The maximum Gasteiger partial charge on any atom is 0.317 e. The number of aromatic nitrogens is 3. The SMILES string of the molecule is CN(C)CCN(C)C(=O)NCc1csc(-c2ncccn2)n1. The molecule has 118 valence electrons. The van der Waals surface area contributed by atoms with Gasteiger partial charge < -0.3 is 15.1 Å². The first-order chi connectivity index (χ1) is 10.6. The van der Waals surface area contributed by atoms with Gasteiger partial charge in [0.05, 0.1) is 12.2 Å². The largest absolute Gasteiger partial charge is 0.332 e. The van der Waals surface area contributed by atoms with Crippen molar-refractivity contribution in [1.29, 1.82) is 0 Å². The molecule has 2 heterocycles. The Kier molecular flexibility index (Phi) is 5.79. The van der Waals surface area contributed by atoms with Crippen molar-refractivity contribution in [1.82, 2.24) is 30.1 Å². The first-order valence-electron chi connectivity index (χ1n) is 6.91. The molecule has 2 aromatic heterocycles. The smallest absolute Gasteiger partial charge is 0.317 e. The lowest BCUT2D eigenvalue weighted by Gasteiger charge is -2.19. The summed E-state index contributed by atoms with van der Waals surface area (Å²) in [5.74, 6) is 0.605. The molecule has 0 aliphatic rings. The first-order valence-corrected chi connectivity index (χ1v) is 7.79. The van der Waals surface area contributed by atoms with E-state index in [2.05, 4.69) is 20.3 Å². The summed E-state index contributed by atoms with van der Waals surface area (Å²) >= 11 is 1.47. The monoisotopic (exact) mass is 320 g/mol. The van der Waals surface area contributed by atoms with Gasteiger partial charge in [0.15, 0.2) is 10.8 Å². The predicted octanol–water partition coefficient (Wildman–Crippen LogP) is 1.30. The van der Waals surface area contributed by atoms with Crippen LogP contribution in [-0.2, 0) is 6.54 Å². The van der Waals surface area contributed by atoms with Gasteiger partial charge in [-0.15, -0.1) is 11.3 Å². The molecule has 1 N–H and O–H groups in total. The summed E-state index contributed by atoms with van der Waals surface area (Å²) in [4.78, 5) is 28.4. The Morgan fingerprint density at radius 1 is 1.23 bits per heavy atom. The Bertz CT molecular complexity index is 600. The lowest BCUT2D eigenvalue weighted by Crippen LogP contribution is -2.40. The zero-order valence-electron chi connectivity index (χ0n) is 13.0. The predicted molar refractivity (Wildman–Crippen MR) is 86.6 cm³/mol. The molecule has 2 amide bonds. The van der Waals surface area contributed by atoms with Gasteiger partial charge in [0.2, 0.25) is 0 Å². The number of rotatable bonds is 6. The van der Waals surface area contributed by atoms with Crippen molar-refractivity contribution in [3.63, 3.8) is 0 Å². The normalized spacial score (nSPS) is 10.7. The number of urea groups is 1. The highest BCUT2D eigenvalue weighted by molar-refractivity contribution is 7.13. The summed E-state index contributed by atoms with van der Waals surface area (Å²) in [6.45, 7) is 1.91. The zero-order valence-corrected chi connectivity index (χ0v) is 13.8. The highest BCUT2D eigenvalue weighted by Crippen LogP contribution is 2.19. The van der Waals surface area contributed by atoms with Gasteiger partial charge in [-0.25, -0.2) is 19.7 Å². The summed E-state index contributed by atoms with van der Waals surface area (Å²) in [7, 11) is 5.74. The minimum atomic E-state index is -0.104. The number of hydrogen-bond donors (Lipinski definition) is 1. The van der Waals surface area contributed by atoms with Crippen LogP contribution in [0.1, 0.15) is 5.69 Å². The molecule has 0 aliphatic carbocycles. The molecule has 0 aliphatic heterocycles. The number of hydrogen-bond acceptors (Lipinski definition) is 6. The Labute approximate surface area is 134 Å². The van der Waals surface area contributed by atoms with Crippen molar-refractivity contribution in [2.75, 3.05) is 34.2 Å². The number of thiazole rings is 1. The van der Waals surface area contributed by atoms with Gasteiger partial charge >= 0.3 is 6.03 Å². The van der Waals surface area contributed by atoms with Gasteiger partial charge in [0.1, 0.15) is 0 Å². The van der Waals surface area contributed by atoms with Crippen LogP contribution in [0.2, 0.25) is 0 Å². The van der Waals surface area contributed by atoms with Crippen LogP contribution in [0.5, 0.6) is 0 Å². The van der Waals surface area contributed by atoms with Crippen molar-refractivity contribution in [3.05, 3.63) is 29.5 Å². The van der Waals surface area contributed by atoms with Gasteiger partial charge in [-0.05, 0) is 20.2 Å². The van der Waals surface area contributed by atoms with Crippen molar-refractivity contribution in [2.45, 2.75) is 6.54 Å². The maximum atomic E-state index is 12.0. The lowest BCUT2D eigenvalue weighted by atomic mass is 10.4. The molecule has 2 aromatic rings. The van der Waals surface area contributed by atoms with Gasteiger partial charge in [0, 0.05) is 37.9 Å². The second kappa shape index (κ2) is 7.81. The topological polar surface area (TPSA) is 74.2 Å². The number of nitrogens with zero attached hydrogens (tertiary/aromatic N) is 5. The summed E-state index contributed by atoms with van der Waals surface area (Å²) in [5, 5.41) is 5.52. The Hall–Kier alpha value is -2.06. The minimum Gasteiger partial charge on any atom is -0.332 e. The molecule has 22 heavy (non-hydrogen) atoms. The van der Waals surface area contributed by atoms with E-state index in [0.717, 1.165) is 17.2 Å². The first kappa shape index (κ1) is 16.3. The van der Waals surface area contributed by atoms with Crippen LogP contribution in [0, 0.1) is 0 Å². The van der Waals surface area contributed by atoms with Crippen LogP contribution in [0.15, 0.2) is 23.8 Å². The highest BCUT2D eigenvalue weighted by atomic mass is 32.1. The van der Waals surface area contributed by atoms with E-state index in [9.17, 15) is 4.79 Å². The third-order valence-corrected chi connectivity index (χ3v) is 3.85. The van der Waals surface area contributed by atoms with Crippen molar-refractivity contribution in [2.24, 2.45) is 0 Å². The molecule has 0 saturated carbocycles. The number of likely N-dealkylation sites (N-methyl/N-ethyl adjacent to an activating group) is 2. The maximum absolute atomic E-state index is 12.0. The van der Waals surface area contributed by atoms with Crippen LogP contribution < -0.4 is 5.32 Å². The lowest BCUT2D eigenvalue weighted by molar-refractivity contribution is 0.203. The molecule has 7 nitrogen and oxygen atoms in total. The third kappa shape index (κ3) is 4.74. The fourth-order valence-corrected chi connectivity index (χ4v) is 2.42. The Morgan fingerprint density at radius 2 is 1.95 bits per heavy atom. The molecule has 0 atom stereocenters. The fourth-order valence-electron chi connectivity index (χ4n) is 1.65. The van der Waals surface area contributed by atoms with E-state index in [4.69, 9.17) is 0 Å². The zero-order chi connectivity index (χ0) is 15.9. The number of amides is 2. The standard InChI is InChI=1S/C14H20N6OS/c1-19(2)7-8-20(3)14(21)17-9-11-10-22-13(18-11)12-15-5-4-6-16-12/h4-6,10H,7-9H2,1-3H3,(H,17,21). The van der Waals surface area contributed by atoms with Crippen LogP contribution >= 0.6 is 11.3 Å². The summed E-state index contributed by atoms with van der Waals surface area (Å²) in [6.07, 6.45) is 3.37. The molecule has 8 heteroatoms. The average Bonchev–Trinajstić information content (AvgIpc) is 3.00. The van der Waals surface area contributed by atoms with Crippen LogP contribution in [0.25, 0.3) is 10.8 Å². The Balaban J connectivity index is 1.85. The molecular weight excluding hydrogens is 300 g/mol. The molecule has 0 spiro atoms. The number of carbonyl (C=O) groups excluding carboxylic acids is 1. The van der Waals surface area contributed by atoms with Crippen molar-refractivity contribution >= 4 is 17.4 Å². The fraction of sp³-hybridized carbons (Fsp3) is 0.429. The average molecular weight is 320 g/mol.